The van der Waals surface area contributed by atoms with Gasteiger partial charge >= 0.3 is 5.97 Å². The quantitative estimate of drug-likeness (QED) is 0.596. The van der Waals surface area contributed by atoms with Crippen LogP contribution in [0.15, 0.2) is 23.1 Å². The van der Waals surface area contributed by atoms with Crippen molar-refractivity contribution in [3.63, 3.8) is 0 Å². The van der Waals surface area contributed by atoms with Crippen LogP contribution < -0.4 is 9.46 Å². The Kier molecular flexibility index (Phi) is 4.12. The second-order valence-electron chi connectivity index (χ2n) is 3.11. The van der Waals surface area contributed by atoms with E-state index in [4.69, 9.17) is 15.1 Å². The lowest BCUT2D eigenvalue weighted by atomic mass is 10.2. The fourth-order valence-electron chi connectivity index (χ4n) is 1.24. The number of sulfonamides is 1. The molecular weight excluding hydrogens is 260 g/mol. The highest BCUT2D eigenvalue weighted by atomic mass is 32.2. The van der Waals surface area contributed by atoms with E-state index in [1.165, 1.54) is 12.3 Å². The Hall–Kier alpha value is -2.27. The minimum absolute atomic E-state index is 0.0703. The molecule has 0 aromatic heterocycles. The third-order valence-corrected chi connectivity index (χ3v) is 3.21. The van der Waals surface area contributed by atoms with Crippen molar-refractivity contribution in [2.24, 2.45) is 0 Å². The van der Waals surface area contributed by atoms with Crippen LogP contribution in [-0.4, -0.2) is 26.1 Å². The normalized spacial score (nSPS) is 10.4. The molecular formula is C10H10N2O5S. The number of carbonyl (C=O) groups is 1. The van der Waals surface area contributed by atoms with Gasteiger partial charge in [0.2, 0.25) is 0 Å². The number of hydrogen-bond acceptors (Lipinski definition) is 5. The van der Waals surface area contributed by atoms with Crippen molar-refractivity contribution in [2.45, 2.75) is 11.8 Å². The molecule has 0 amide bonds. The first-order valence-electron chi connectivity index (χ1n) is 4.83. The molecule has 0 bridgehead atoms. The topological polar surface area (TPSA) is 116 Å². The molecule has 7 nitrogen and oxygen atoms in total. The second-order valence-corrected chi connectivity index (χ2v) is 4.80. The molecule has 1 aromatic carbocycles. The summed E-state index contributed by atoms with van der Waals surface area (Å²) in [6, 6.07) is 3.34. The predicted molar refractivity (Wildman–Crippen MR) is 60.5 cm³/mol. The van der Waals surface area contributed by atoms with Gasteiger partial charge in [-0.15, -0.1) is 0 Å². The van der Waals surface area contributed by atoms with Crippen LogP contribution in [0.3, 0.4) is 0 Å². The Balaban J connectivity index is 3.32. The standard InChI is InChI=1S/C10H10N2O5S/c1-2-17-9-4-3-7(5-8(9)10(13)14)18(15,16)12-6-11/h3-5,12H,2H2,1H3,(H,13,14). The van der Waals surface area contributed by atoms with Gasteiger partial charge in [-0.2, -0.15) is 5.26 Å². The maximum atomic E-state index is 11.5. The molecule has 18 heavy (non-hydrogen) atoms. The van der Waals surface area contributed by atoms with Crippen LogP contribution in [0.1, 0.15) is 17.3 Å². The van der Waals surface area contributed by atoms with Crippen molar-refractivity contribution in [2.75, 3.05) is 6.61 Å². The van der Waals surface area contributed by atoms with Crippen molar-refractivity contribution in [3.05, 3.63) is 23.8 Å². The highest BCUT2D eigenvalue weighted by Gasteiger charge is 2.19. The summed E-state index contributed by atoms with van der Waals surface area (Å²) in [6.07, 6.45) is 1.28. The summed E-state index contributed by atoms with van der Waals surface area (Å²) < 4.78 is 29.7. The van der Waals surface area contributed by atoms with Gasteiger partial charge in [0.15, 0.2) is 6.19 Å². The molecule has 1 rings (SSSR count). The summed E-state index contributed by atoms with van der Waals surface area (Å²) in [5, 5.41) is 17.3. The fourth-order valence-corrected chi connectivity index (χ4v) is 2.00. The zero-order valence-electron chi connectivity index (χ0n) is 9.37. The lowest BCUT2D eigenvalue weighted by Crippen LogP contribution is -2.18. The average Bonchev–Trinajstić information content (AvgIpc) is 2.29. The SMILES string of the molecule is CCOc1ccc(S(=O)(=O)NC#N)cc1C(=O)O. The van der Waals surface area contributed by atoms with Crippen molar-refractivity contribution in [1.82, 2.24) is 4.72 Å². The summed E-state index contributed by atoms with van der Waals surface area (Å²) in [5.74, 6) is -1.24. The maximum Gasteiger partial charge on any atom is 0.339 e. The Bertz CT molecular complexity index is 603. The maximum absolute atomic E-state index is 11.5. The molecule has 0 aliphatic carbocycles. The predicted octanol–water partition coefficient (Wildman–Crippen LogP) is 0.543. The lowest BCUT2D eigenvalue weighted by Gasteiger charge is -2.08. The first-order valence-corrected chi connectivity index (χ1v) is 6.31. The number of hydrogen-bond donors (Lipinski definition) is 2. The Labute approximate surface area is 104 Å². The number of carboxylic acid groups (broad SMARTS) is 1. The number of nitriles is 1. The number of rotatable bonds is 5. The van der Waals surface area contributed by atoms with Crippen LogP contribution >= 0.6 is 0 Å². The highest BCUT2D eigenvalue weighted by molar-refractivity contribution is 7.89. The van der Waals surface area contributed by atoms with E-state index >= 15 is 0 Å². The van der Waals surface area contributed by atoms with Crippen molar-refractivity contribution >= 4 is 16.0 Å². The van der Waals surface area contributed by atoms with E-state index in [0.29, 0.717) is 0 Å². The van der Waals surface area contributed by atoms with Gasteiger partial charge < -0.3 is 9.84 Å². The largest absolute Gasteiger partial charge is 0.493 e. The molecule has 8 heteroatoms. The number of benzene rings is 1. The van der Waals surface area contributed by atoms with Crippen LogP contribution in [-0.2, 0) is 10.0 Å². The smallest absolute Gasteiger partial charge is 0.339 e. The van der Waals surface area contributed by atoms with Gasteiger partial charge in [0.1, 0.15) is 11.3 Å². The third kappa shape index (κ3) is 2.89. The molecule has 0 saturated carbocycles. The monoisotopic (exact) mass is 270 g/mol. The second kappa shape index (κ2) is 5.37. The minimum atomic E-state index is -4.03. The first-order chi connectivity index (χ1) is 8.42. The molecule has 1 aromatic rings. The van der Waals surface area contributed by atoms with Crippen LogP contribution in [0.25, 0.3) is 0 Å². The fraction of sp³-hybridized carbons (Fsp3) is 0.200. The number of carboxylic acids is 1. The van der Waals surface area contributed by atoms with E-state index in [2.05, 4.69) is 0 Å². The van der Waals surface area contributed by atoms with Crippen LogP contribution in [0, 0.1) is 11.5 Å². The molecule has 0 heterocycles. The van der Waals surface area contributed by atoms with E-state index in [-0.39, 0.29) is 22.8 Å². The van der Waals surface area contributed by atoms with E-state index in [9.17, 15) is 13.2 Å². The molecule has 2 N–H and O–H groups in total. The van der Waals surface area contributed by atoms with Gasteiger partial charge in [0, 0.05) is 0 Å². The molecule has 0 aliphatic rings. The molecule has 0 saturated heterocycles. The molecule has 0 aliphatic heterocycles. The molecule has 0 fully saturated rings. The van der Waals surface area contributed by atoms with Gasteiger partial charge in [0.25, 0.3) is 10.0 Å². The summed E-state index contributed by atoms with van der Waals surface area (Å²) in [7, 11) is -4.03. The zero-order chi connectivity index (χ0) is 13.8. The Morgan fingerprint density at radius 2 is 2.22 bits per heavy atom. The molecule has 0 radical (unpaired) electrons. The van der Waals surface area contributed by atoms with Crippen LogP contribution in [0.5, 0.6) is 5.75 Å². The summed E-state index contributed by atoms with van der Waals surface area (Å²) in [6.45, 7) is 1.93. The highest BCUT2D eigenvalue weighted by Crippen LogP contribution is 2.22. The van der Waals surface area contributed by atoms with E-state index in [0.717, 1.165) is 12.1 Å². The first kappa shape index (κ1) is 13.8. The van der Waals surface area contributed by atoms with E-state index in [1.807, 2.05) is 0 Å². The Morgan fingerprint density at radius 3 is 2.72 bits per heavy atom. The Morgan fingerprint density at radius 1 is 1.56 bits per heavy atom. The van der Waals surface area contributed by atoms with E-state index in [1.54, 1.807) is 11.6 Å². The minimum Gasteiger partial charge on any atom is -0.493 e. The number of aromatic carboxylic acids is 1. The summed E-state index contributed by atoms with van der Waals surface area (Å²) in [5.41, 5.74) is -0.280. The van der Waals surface area contributed by atoms with Crippen molar-refractivity contribution in [3.8, 4) is 11.9 Å². The van der Waals surface area contributed by atoms with E-state index < -0.39 is 16.0 Å². The number of ether oxygens (including phenoxy) is 1. The van der Waals surface area contributed by atoms with Crippen molar-refractivity contribution < 1.29 is 23.1 Å². The number of nitrogens with zero attached hydrogens (tertiary/aromatic N) is 1. The summed E-state index contributed by atoms with van der Waals surface area (Å²) >= 11 is 0. The zero-order valence-corrected chi connectivity index (χ0v) is 10.2. The average molecular weight is 270 g/mol. The molecule has 96 valence electrons. The molecule has 0 atom stereocenters. The van der Waals surface area contributed by atoms with Gasteiger partial charge in [-0.25, -0.2) is 17.9 Å². The third-order valence-electron chi connectivity index (χ3n) is 1.97. The lowest BCUT2D eigenvalue weighted by molar-refractivity contribution is 0.0692. The molecule has 0 spiro atoms. The van der Waals surface area contributed by atoms with Gasteiger partial charge in [-0.1, -0.05) is 0 Å². The van der Waals surface area contributed by atoms with Gasteiger partial charge in [0.05, 0.1) is 11.5 Å². The van der Waals surface area contributed by atoms with Crippen LogP contribution in [0.4, 0.5) is 0 Å². The summed E-state index contributed by atoms with van der Waals surface area (Å²) in [4.78, 5) is 10.7. The number of nitrogens with one attached hydrogen (secondary N) is 1. The van der Waals surface area contributed by atoms with Crippen LogP contribution in [0.2, 0.25) is 0 Å². The van der Waals surface area contributed by atoms with Crippen molar-refractivity contribution in [1.29, 1.82) is 5.26 Å². The molecule has 0 unspecified atom stereocenters. The van der Waals surface area contributed by atoms with Gasteiger partial charge in [-0.05, 0) is 25.1 Å². The van der Waals surface area contributed by atoms with Gasteiger partial charge in [-0.3, -0.25) is 0 Å².